The van der Waals surface area contributed by atoms with E-state index in [4.69, 9.17) is 4.99 Å². The van der Waals surface area contributed by atoms with Crippen LogP contribution in [0.15, 0.2) is 47.3 Å². The highest BCUT2D eigenvalue weighted by atomic mass is 32.1. The van der Waals surface area contributed by atoms with Crippen molar-refractivity contribution in [2.45, 2.75) is 38.3 Å². The molecule has 0 atom stereocenters. The SMILES string of the molecule is C=C1c2c(C(F)(F)F)csc2N=C(C2CCCC2)N1CCc1ccccc1. The predicted octanol–water partition coefficient (Wildman–Crippen LogP) is 6.52. The van der Waals surface area contributed by atoms with Gasteiger partial charge in [0.1, 0.15) is 10.8 Å². The number of halogens is 3. The lowest BCUT2D eigenvalue weighted by molar-refractivity contribution is -0.137. The maximum atomic E-state index is 13.5. The average molecular weight is 390 g/mol. The number of hydrogen-bond donors (Lipinski definition) is 0. The van der Waals surface area contributed by atoms with Crippen LogP contribution >= 0.6 is 11.3 Å². The Bertz CT molecular complexity index is 861. The number of nitrogens with zero attached hydrogens (tertiary/aromatic N) is 2. The van der Waals surface area contributed by atoms with Crippen molar-refractivity contribution in [2.75, 3.05) is 6.54 Å². The third-order valence-electron chi connectivity index (χ3n) is 5.37. The fraction of sp³-hybridized carbons (Fsp3) is 0.381. The number of benzene rings is 1. The molecule has 1 aliphatic heterocycles. The maximum absolute atomic E-state index is 13.5. The normalized spacial score (nSPS) is 18.0. The summed E-state index contributed by atoms with van der Waals surface area (Å²) in [4.78, 5) is 6.64. The van der Waals surface area contributed by atoms with Crippen LogP contribution in [0.1, 0.15) is 42.4 Å². The molecule has 1 fully saturated rings. The van der Waals surface area contributed by atoms with Gasteiger partial charge < -0.3 is 4.90 Å². The topological polar surface area (TPSA) is 15.6 Å². The Hall–Kier alpha value is -2.08. The molecule has 4 rings (SSSR count). The lowest BCUT2D eigenvalue weighted by atomic mass is 10.00. The summed E-state index contributed by atoms with van der Waals surface area (Å²) >= 11 is 1.07. The van der Waals surface area contributed by atoms with Crippen LogP contribution in [0.2, 0.25) is 0 Å². The van der Waals surface area contributed by atoms with Crippen molar-refractivity contribution in [2.24, 2.45) is 10.9 Å². The van der Waals surface area contributed by atoms with Crippen LogP contribution < -0.4 is 0 Å². The minimum absolute atomic E-state index is 0.155. The van der Waals surface area contributed by atoms with E-state index in [2.05, 4.69) is 6.58 Å². The van der Waals surface area contributed by atoms with Crippen LogP contribution in [0.25, 0.3) is 5.70 Å². The maximum Gasteiger partial charge on any atom is 0.417 e. The molecule has 142 valence electrons. The Kier molecular flexibility index (Phi) is 4.84. The Labute approximate surface area is 161 Å². The predicted molar refractivity (Wildman–Crippen MR) is 104 cm³/mol. The summed E-state index contributed by atoms with van der Waals surface area (Å²) in [6, 6.07) is 9.99. The van der Waals surface area contributed by atoms with Crippen molar-refractivity contribution in [3.63, 3.8) is 0 Å². The zero-order valence-electron chi connectivity index (χ0n) is 14.9. The number of thiophene rings is 1. The summed E-state index contributed by atoms with van der Waals surface area (Å²) in [5, 5.41) is 1.62. The largest absolute Gasteiger partial charge is 0.417 e. The Morgan fingerprint density at radius 2 is 1.85 bits per heavy atom. The molecular weight excluding hydrogens is 369 g/mol. The first-order chi connectivity index (χ1) is 12.9. The first-order valence-electron chi connectivity index (χ1n) is 9.23. The molecule has 1 saturated carbocycles. The van der Waals surface area contributed by atoms with E-state index in [1.54, 1.807) is 0 Å². The van der Waals surface area contributed by atoms with Gasteiger partial charge in [-0.05, 0) is 24.8 Å². The van der Waals surface area contributed by atoms with Crippen molar-refractivity contribution >= 4 is 27.9 Å². The second-order valence-corrected chi connectivity index (χ2v) is 7.97. The van der Waals surface area contributed by atoms with Crippen LogP contribution in [0, 0.1) is 5.92 Å². The van der Waals surface area contributed by atoms with E-state index in [-0.39, 0.29) is 5.56 Å². The van der Waals surface area contributed by atoms with E-state index in [9.17, 15) is 13.2 Å². The number of amidine groups is 1. The van der Waals surface area contributed by atoms with Crippen LogP contribution in [0.4, 0.5) is 18.2 Å². The summed E-state index contributed by atoms with van der Waals surface area (Å²) in [5.74, 6) is 1.21. The molecule has 2 nitrogen and oxygen atoms in total. The quantitative estimate of drug-likeness (QED) is 0.580. The molecule has 0 saturated heterocycles. The van der Waals surface area contributed by atoms with Gasteiger partial charge in [0.15, 0.2) is 0 Å². The molecule has 0 radical (unpaired) electrons. The standard InChI is InChI=1S/C21H21F3N2S/c1-14-18-17(21(22,23)24)13-27-20(18)25-19(16-9-5-6-10-16)26(14)12-11-15-7-3-2-4-8-15/h2-4,7-8,13,16H,1,5-6,9-12H2. The number of aliphatic imine (C=N–C) groups is 1. The van der Waals surface area contributed by atoms with Gasteiger partial charge in [0, 0.05) is 29.1 Å². The molecule has 27 heavy (non-hydrogen) atoms. The van der Waals surface area contributed by atoms with Crippen molar-refractivity contribution < 1.29 is 13.2 Å². The molecule has 0 amide bonds. The van der Waals surface area contributed by atoms with E-state index in [1.807, 2.05) is 35.2 Å². The van der Waals surface area contributed by atoms with Crippen molar-refractivity contribution in [3.05, 3.63) is 59.0 Å². The second-order valence-electron chi connectivity index (χ2n) is 7.11. The van der Waals surface area contributed by atoms with E-state index < -0.39 is 11.7 Å². The number of alkyl halides is 3. The minimum atomic E-state index is -4.39. The monoisotopic (exact) mass is 390 g/mol. The number of hydrogen-bond acceptors (Lipinski definition) is 3. The Balaban J connectivity index is 1.69. The van der Waals surface area contributed by atoms with Gasteiger partial charge in [0.05, 0.1) is 5.56 Å². The van der Waals surface area contributed by atoms with Gasteiger partial charge in [-0.15, -0.1) is 11.3 Å². The van der Waals surface area contributed by atoms with Gasteiger partial charge in [-0.25, -0.2) is 4.99 Å². The molecule has 2 aliphatic rings. The lowest BCUT2D eigenvalue weighted by Crippen LogP contribution is -2.37. The first kappa shape index (κ1) is 18.3. The molecule has 1 aromatic carbocycles. The van der Waals surface area contributed by atoms with E-state index >= 15 is 0 Å². The van der Waals surface area contributed by atoms with Crippen molar-refractivity contribution in [1.82, 2.24) is 4.90 Å². The van der Waals surface area contributed by atoms with Gasteiger partial charge >= 0.3 is 6.18 Å². The van der Waals surface area contributed by atoms with E-state index in [0.29, 0.717) is 23.2 Å². The highest BCUT2D eigenvalue weighted by Crippen LogP contribution is 2.48. The van der Waals surface area contributed by atoms with Crippen LogP contribution in [0.3, 0.4) is 0 Å². The molecule has 0 unspecified atom stereocenters. The third-order valence-corrected chi connectivity index (χ3v) is 6.24. The van der Waals surface area contributed by atoms with Crippen molar-refractivity contribution in [1.29, 1.82) is 0 Å². The van der Waals surface area contributed by atoms with Gasteiger partial charge in [0.2, 0.25) is 0 Å². The van der Waals surface area contributed by atoms with Gasteiger partial charge in [0.25, 0.3) is 0 Å². The van der Waals surface area contributed by atoms with Crippen molar-refractivity contribution in [3.8, 4) is 0 Å². The fourth-order valence-electron chi connectivity index (χ4n) is 3.99. The van der Waals surface area contributed by atoms with Gasteiger partial charge in [-0.1, -0.05) is 49.8 Å². The van der Waals surface area contributed by atoms with Gasteiger partial charge in [-0.2, -0.15) is 13.2 Å². The van der Waals surface area contributed by atoms with Gasteiger partial charge in [-0.3, -0.25) is 0 Å². The summed E-state index contributed by atoms with van der Waals surface area (Å²) in [5.41, 5.74) is 1.13. The van der Waals surface area contributed by atoms with Crippen LogP contribution in [-0.4, -0.2) is 17.3 Å². The molecular formula is C21H21F3N2S. The third kappa shape index (κ3) is 3.55. The molecule has 1 aromatic heterocycles. The molecule has 1 aliphatic carbocycles. The van der Waals surface area contributed by atoms with Crippen LogP contribution in [0.5, 0.6) is 0 Å². The van der Waals surface area contributed by atoms with E-state index in [1.165, 1.54) is 5.38 Å². The second kappa shape index (κ2) is 7.15. The highest BCUT2D eigenvalue weighted by molar-refractivity contribution is 7.14. The molecule has 2 aromatic rings. The summed E-state index contributed by atoms with van der Waals surface area (Å²) in [7, 11) is 0. The fourth-order valence-corrected chi connectivity index (χ4v) is 4.96. The molecule has 0 spiro atoms. The Morgan fingerprint density at radius 3 is 2.52 bits per heavy atom. The van der Waals surface area contributed by atoms with Crippen LogP contribution in [-0.2, 0) is 12.6 Å². The summed E-state index contributed by atoms with van der Waals surface area (Å²) < 4.78 is 40.4. The number of rotatable bonds is 4. The molecule has 0 N–H and O–H groups in total. The molecule has 2 heterocycles. The summed E-state index contributed by atoms with van der Waals surface area (Å²) in [6.45, 7) is 4.66. The number of fused-ring (bicyclic) bond motifs is 1. The average Bonchev–Trinajstić information content (AvgIpc) is 3.31. The first-order valence-corrected chi connectivity index (χ1v) is 10.1. The highest BCUT2D eigenvalue weighted by Gasteiger charge is 2.40. The summed E-state index contributed by atoms with van der Waals surface area (Å²) in [6.07, 6.45) is 0.730. The Morgan fingerprint density at radius 1 is 1.15 bits per heavy atom. The lowest BCUT2D eigenvalue weighted by Gasteiger charge is -2.34. The smallest absolute Gasteiger partial charge is 0.329 e. The minimum Gasteiger partial charge on any atom is -0.329 e. The molecule has 6 heteroatoms. The van der Waals surface area contributed by atoms with E-state index in [0.717, 1.165) is 54.8 Å². The zero-order chi connectivity index (χ0) is 19.0. The molecule has 0 bridgehead atoms. The zero-order valence-corrected chi connectivity index (χ0v) is 15.7.